The van der Waals surface area contributed by atoms with Crippen LogP contribution in [0.5, 0.6) is 0 Å². The summed E-state index contributed by atoms with van der Waals surface area (Å²) in [6, 6.07) is 4.20. The maximum atomic E-state index is 9.17. The van der Waals surface area contributed by atoms with Gasteiger partial charge in [-0.1, -0.05) is 15.9 Å². The molecule has 1 aromatic heterocycles. The van der Waals surface area contributed by atoms with Crippen molar-refractivity contribution in [3.05, 3.63) is 33.0 Å². The molecule has 0 unspecified atom stereocenters. The number of halogens is 1. The van der Waals surface area contributed by atoms with Crippen LogP contribution >= 0.6 is 15.9 Å². The van der Waals surface area contributed by atoms with Gasteiger partial charge in [0.1, 0.15) is 11.7 Å². The van der Waals surface area contributed by atoms with Gasteiger partial charge in [0.05, 0.1) is 0 Å². The number of benzene rings is 1. The first kappa shape index (κ1) is 10.9. The molecule has 1 aromatic carbocycles. The van der Waals surface area contributed by atoms with Crippen LogP contribution in [0.3, 0.4) is 0 Å². The molecule has 0 amide bonds. The van der Waals surface area contributed by atoms with E-state index in [9.17, 15) is 5.26 Å². The van der Waals surface area contributed by atoms with Gasteiger partial charge < -0.3 is 4.42 Å². The molecule has 0 atom stereocenters. The fourth-order valence-electron chi connectivity index (χ4n) is 2.46. The Morgan fingerprint density at radius 1 is 1.41 bits per heavy atom. The van der Waals surface area contributed by atoms with Crippen LogP contribution in [0.4, 0.5) is 0 Å². The van der Waals surface area contributed by atoms with E-state index in [0.717, 1.165) is 26.6 Å². The number of hydrogen-bond donors (Lipinski definition) is 0. The van der Waals surface area contributed by atoms with Crippen molar-refractivity contribution in [3.8, 4) is 6.07 Å². The van der Waals surface area contributed by atoms with E-state index in [1.807, 2.05) is 13.0 Å². The minimum absolute atomic E-state index is 0.503. The monoisotopic (exact) mass is 289 g/mol. The minimum atomic E-state index is 0.503. The highest BCUT2D eigenvalue weighted by atomic mass is 79.9. The van der Waals surface area contributed by atoms with Gasteiger partial charge in [-0.3, -0.25) is 0 Å². The first-order chi connectivity index (χ1) is 8.13. The number of rotatable bonds is 1. The third kappa shape index (κ3) is 1.51. The predicted molar refractivity (Wildman–Crippen MR) is 70.1 cm³/mol. The minimum Gasteiger partial charge on any atom is -0.445 e. The number of aryl methyl sites for hydroxylation is 2. The first-order valence-electron chi connectivity index (χ1n) is 5.75. The molecule has 1 heterocycles. The smallest absolute Gasteiger partial charge is 0.208 e. The van der Waals surface area contributed by atoms with Gasteiger partial charge in [0, 0.05) is 15.4 Å². The molecule has 1 saturated carbocycles. The lowest BCUT2D eigenvalue weighted by atomic mass is 10.0. The summed E-state index contributed by atoms with van der Waals surface area (Å²) in [4.78, 5) is 0. The van der Waals surface area contributed by atoms with Gasteiger partial charge in [-0.05, 0) is 49.8 Å². The van der Waals surface area contributed by atoms with Crippen molar-refractivity contribution in [2.75, 3.05) is 0 Å². The van der Waals surface area contributed by atoms with Gasteiger partial charge in [0.2, 0.25) is 5.76 Å². The van der Waals surface area contributed by atoms with Crippen LogP contribution in [0.2, 0.25) is 0 Å². The summed E-state index contributed by atoms with van der Waals surface area (Å²) in [5, 5.41) is 10.3. The Hall–Kier alpha value is -1.27. The number of nitriles is 1. The highest BCUT2D eigenvalue weighted by molar-refractivity contribution is 9.10. The second kappa shape index (κ2) is 3.61. The van der Waals surface area contributed by atoms with Crippen LogP contribution in [-0.4, -0.2) is 0 Å². The number of furan rings is 1. The molecule has 3 heteroatoms. The van der Waals surface area contributed by atoms with Crippen molar-refractivity contribution in [3.63, 3.8) is 0 Å². The lowest BCUT2D eigenvalue weighted by Crippen LogP contribution is -1.87. The zero-order valence-corrected chi connectivity index (χ0v) is 11.4. The Bertz CT molecular complexity index is 659. The summed E-state index contributed by atoms with van der Waals surface area (Å²) in [5.41, 5.74) is 4.31. The molecular weight excluding hydrogens is 278 g/mol. The Labute approximate surface area is 108 Å². The van der Waals surface area contributed by atoms with Crippen LogP contribution in [0.15, 0.2) is 15.0 Å². The summed E-state index contributed by atoms with van der Waals surface area (Å²) in [5.74, 6) is 1.03. The van der Waals surface area contributed by atoms with Crippen molar-refractivity contribution in [2.24, 2.45) is 0 Å². The maximum Gasteiger partial charge on any atom is 0.208 e. The lowest BCUT2D eigenvalue weighted by Gasteiger charge is -2.05. The van der Waals surface area contributed by atoms with Gasteiger partial charge >= 0.3 is 0 Å². The van der Waals surface area contributed by atoms with Crippen molar-refractivity contribution >= 4 is 26.9 Å². The second-order valence-corrected chi connectivity index (χ2v) is 5.53. The van der Waals surface area contributed by atoms with Crippen LogP contribution in [0, 0.1) is 25.2 Å². The van der Waals surface area contributed by atoms with Crippen LogP contribution in [-0.2, 0) is 0 Å². The topological polar surface area (TPSA) is 36.9 Å². The molecule has 0 bridgehead atoms. The standard InChI is InChI=1S/C14H12BrNO/c1-7-5-10-12(8(2)14(7)15)13(9-3-4-9)11(6-16)17-10/h5,9H,3-4H2,1-2H3. The fourth-order valence-corrected chi connectivity index (χ4v) is 2.77. The van der Waals surface area contributed by atoms with E-state index in [4.69, 9.17) is 4.42 Å². The van der Waals surface area contributed by atoms with Crippen molar-refractivity contribution in [1.82, 2.24) is 0 Å². The molecule has 2 aromatic rings. The van der Waals surface area contributed by atoms with E-state index in [0.29, 0.717) is 11.7 Å². The molecule has 2 nitrogen and oxygen atoms in total. The van der Waals surface area contributed by atoms with Gasteiger partial charge in [-0.15, -0.1) is 0 Å². The van der Waals surface area contributed by atoms with Gasteiger partial charge in [0.15, 0.2) is 0 Å². The number of fused-ring (bicyclic) bond motifs is 1. The molecule has 3 rings (SSSR count). The van der Waals surface area contributed by atoms with E-state index in [1.165, 1.54) is 18.4 Å². The van der Waals surface area contributed by atoms with E-state index in [1.54, 1.807) is 0 Å². The Morgan fingerprint density at radius 3 is 2.71 bits per heavy atom. The van der Waals surface area contributed by atoms with Gasteiger partial charge in [0.25, 0.3) is 0 Å². The molecule has 0 spiro atoms. The first-order valence-corrected chi connectivity index (χ1v) is 6.55. The van der Waals surface area contributed by atoms with Crippen molar-refractivity contribution < 1.29 is 4.42 Å². The quantitative estimate of drug-likeness (QED) is 0.772. The molecule has 0 saturated heterocycles. The molecule has 0 aliphatic heterocycles. The third-order valence-corrected chi connectivity index (χ3v) is 4.68. The summed E-state index contributed by atoms with van der Waals surface area (Å²) in [6.07, 6.45) is 2.35. The van der Waals surface area contributed by atoms with Gasteiger partial charge in [-0.25, -0.2) is 0 Å². The zero-order valence-electron chi connectivity index (χ0n) is 9.80. The summed E-state index contributed by atoms with van der Waals surface area (Å²) >= 11 is 3.61. The molecule has 1 fully saturated rings. The van der Waals surface area contributed by atoms with Crippen molar-refractivity contribution in [2.45, 2.75) is 32.6 Å². The maximum absolute atomic E-state index is 9.17. The Morgan fingerprint density at radius 2 is 2.12 bits per heavy atom. The van der Waals surface area contributed by atoms with Gasteiger partial charge in [-0.2, -0.15) is 5.26 Å². The molecule has 0 N–H and O–H groups in total. The predicted octanol–water partition coefficient (Wildman–Crippen LogP) is 4.56. The van der Waals surface area contributed by atoms with Crippen LogP contribution in [0.25, 0.3) is 11.0 Å². The Kier molecular flexibility index (Phi) is 2.31. The number of hydrogen-bond acceptors (Lipinski definition) is 2. The SMILES string of the molecule is Cc1cc2oc(C#N)c(C3CC3)c2c(C)c1Br. The second-order valence-electron chi connectivity index (χ2n) is 4.74. The largest absolute Gasteiger partial charge is 0.445 e. The Balaban J connectivity index is 2.44. The van der Waals surface area contributed by atoms with E-state index >= 15 is 0 Å². The number of nitrogens with zero attached hydrogens (tertiary/aromatic N) is 1. The fraction of sp³-hybridized carbons (Fsp3) is 0.357. The molecule has 1 aliphatic rings. The third-order valence-electron chi connectivity index (χ3n) is 3.46. The average Bonchev–Trinajstić information content (AvgIpc) is 3.08. The van der Waals surface area contributed by atoms with E-state index in [2.05, 4.69) is 28.9 Å². The summed E-state index contributed by atoms with van der Waals surface area (Å²) < 4.78 is 6.81. The van der Waals surface area contributed by atoms with E-state index < -0.39 is 0 Å². The highest BCUT2D eigenvalue weighted by Crippen LogP contribution is 2.47. The lowest BCUT2D eigenvalue weighted by molar-refractivity contribution is 0.593. The van der Waals surface area contributed by atoms with Crippen molar-refractivity contribution in [1.29, 1.82) is 5.26 Å². The van der Waals surface area contributed by atoms with Crippen LogP contribution < -0.4 is 0 Å². The van der Waals surface area contributed by atoms with E-state index in [-0.39, 0.29) is 0 Å². The molecular formula is C14H12BrNO. The average molecular weight is 290 g/mol. The molecule has 0 radical (unpaired) electrons. The normalized spacial score (nSPS) is 15.2. The molecule has 86 valence electrons. The summed E-state index contributed by atoms with van der Waals surface area (Å²) in [6.45, 7) is 4.13. The highest BCUT2D eigenvalue weighted by Gasteiger charge is 2.32. The molecule has 17 heavy (non-hydrogen) atoms. The zero-order chi connectivity index (χ0) is 12.2. The van der Waals surface area contributed by atoms with Crippen LogP contribution in [0.1, 0.15) is 41.2 Å². The summed E-state index contributed by atoms with van der Waals surface area (Å²) in [7, 11) is 0. The molecule has 1 aliphatic carbocycles.